The summed E-state index contributed by atoms with van der Waals surface area (Å²) in [6.07, 6.45) is 4.52. The van der Waals surface area contributed by atoms with Gasteiger partial charge >= 0.3 is 0 Å². The fourth-order valence-corrected chi connectivity index (χ4v) is 2.88. The minimum absolute atomic E-state index is 0.132. The normalized spacial score (nSPS) is 26.2. The molecule has 2 saturated heterocycles. The Labute approximate surface area is 123 Å². The number of halogens is 1. The molecular weight excluding hydrogens is 278 g/mol. The Morgan fingerprint density at radius 3 is 2.75 bits per heavy atom. The van der Waals surface area contributed by atoms with Crippen molar-refractivity contribution in [1.82, 2.24) is 15.0 Å². The molecule has 3 heterocycles. The first-order chi connectivity index (χ1) is 9.65. The van der Waals surface area contributed by atoms with Crippen LogP contribution in [-0.2, 0) is 4.74 Å². The molecule has 0 spiro atoms. The molecule has 7 heteroatoms. The van der Waals surface area contributed by atoms with Crippen LogP contribution in [0.25, 0.3) is 0 Å². The second-order valence-corrected chi connectivity index (χ2v) is 6.02. The molecule has 0 radical (unpaired) electrons. The maximum absolute atomic E-state index is 6.00. The van der Waals surface area contributed by atoms with Gasteiger partial charge in [-0.2, -0.15) is 15.0 Å². The van der Waals surface area contributed by atoms with Gasteiger partial charge in [-0.05, 0) is 44.2 Å². The second kappa shape index (κ2) is 5.69. The van der Waals surface area contributed by atoms with E-state index in [0.29, 0.717) is 18.4 Å². The van der Waals surface area contributed by atoms with Crippen LogP contribution in [0, 0.1) is 0 Å². The topological polar surface area (TPSA) is 63.2 Å². The van der Waals surface area contributed by atoms with E-state index in [9.17, 15) is 0 Å². The maximum atomic E-state index is 6.00. The van der Waals surface area contributed by atoms with Crippen LogP contribution in [0.5, 0.6) is 0 Å². The van der Waals surface area contributed by atoms with Crippen molar-refractivity contribution in [3.63, 3.8) is 0 Å². The predicted molar refractivity (Wildman–Crippen MR) is 78.4 cm³/mol. The summed E-state index contributed by atoms with van der Waals surface area (Å²) >= 11 is 6.00. The van der Waals surface area contributed by atoms with E-state index in [0.717, 1.165) is 32.5 Å². The molecule has 0 amide bonds. The number of ether oxygens (including phenoxy) is 1. The second-order valence-electron chi connectivity index (χ2n) is 5.68. The molecule has 0 aliphatic carbocycles. The molecule has 1 N–H and O–H groups in total. The van der Waals surface area contributed by atoms with Gasteiger partial charge in [0, 0.05) is 26.2 Å². The molecule has 2 aliphatic rings. The van der Waals surface area contributed by atoms with Gasteiger partial charge in [-0.3, -0.25) is 0 Å². The summed E-state index contributed by atoms with van der Waals surface area (Å²) in [4.78, 5) is 15.0. The van der Waals surface area contributed by atoms with Gasteiger partial charge < -0.3 is 15.0 Å². The van der Waals surface area contributed by atoms with E-state index in [-0.39, 0.29) is 10.9 Å². The lowest BCUT2D eigenvalue weighted by atomic mass is 10.0. The predicted octanol–water partition coefficient (Wildman–Crippen LogP) is 2.11. The van der Waals surface area contributed by atoms with E-state index in [1.54, 1.807) is 0 Å². The molecule has 2 fully saturated rings. The lowest BCUT2D eigenvalue weighted by molar-refractivity contribution is 0.0314. The zero-order valence-corrected chi connectivity index (χ0v) is 12.5. The standard InChI is InChI=1S/C13H20ClN5O/c1-13(5-4-8-20-13)9-15-11-16-10(14)17-12(18-11)19-6-2-3-7-19/h2-9H2,1H3,(H,15,16,17,18). The highest BCUT2D eigenvalue weighted by molar-refractivity contribution is 6.28. The molecule has 110 valence electrons. The molecule has 0 aromatic carbocycles. The Morgan fingerprint density at radius 1 is 1.25 bits per heavy atom. The van der Waals surface area contributed by atoms with Crippen molar-refractivity contribution in [2.45, 2.75) is 38.2 Å². The van der Waals surface area contributed by atoms with E-state index in [2.05, 4.69) is 32.1 Å². The SMILES string of the molecule is CC1(CNc2nc(Cl)nc(N3CCCC3)n2)CCCO1. The molecule has 6 nitrogen and oxygen atoms in total. The van der Waals surface area contributed by atoms with Crippen LogP contribution < -0.4 is 10.2 Å². The maximum Gasteiger partial charge on any atom is 0.231 e. The van der Waals surface area contributed by atoms with Crippen molar-refractivity contribution in [2.24, 2.45) is 0 Å². The van der Waals surface area contributed by atoms with Gasteiger partial charge in [0.1, 0.15) is 0 Å². The highest BCUT2D eigenvalue weighted by Crippen LogP contribution is 2.25. The van der Waals surface area contributed by atoms with Crippen molar-refractivity contribution < 1.29 is 4.74 Å². The number of nitrogens with one attached hydrogen (secondary N) is 1. The molecule has 20 heavy (non-hydrogen) atoms. The summed E-state index contributed by atoms with van der Waals surface area (Å²) in [6, 6.07) is 0. The molecule has 1 aromatic heterocycles. The quantitative estimate of drug-likeness (QED) is 0.918. The summed E-state index contributed by atoms with van der Waals surface area (Å²) in [5.41, 5.74) is -0.132. The number of rotatable bonds is 4. The lowest BCUT2D eigenvalue weighted by Crippen LogP contribution is -2.33. The number of aromatic nitrogens is 3. The van der Waals surface area contributed by atoms with Crippen molar-refractivity contribution in [3.05, 3.63) is 5.28 Å². The van der Waals surface area contributed by atoms with Crippen LogP contribution in [-0.4, -0.2) is 46.8 Å². The minimum atomic E-state index is -0.132. The summed E-state index contributed by atoms with van der Waals surface area (Å²) in [7, 11) is 0. The van der Waals surface area contributed by atoms with Gasteiger partial charge in [0.2, 0.25) is 17.2 Å². The molecular formula is C13H20ClN5O. The van der Waals surface area contributed by atoms with E-state index >= 15 is 0 Å². The monoisotopic (exact) mass is 297 g/mol. The number of hydrogen-bond acceptors (Lipinski definition) is 6. The average molecular weight is 298 g/mol. The van der Waals surface area contributed by atoms with Gasteiger partial charge in [-0.15, -0.1) is 0 Å². The first kappa shape index (κ1) is 13.8. The van der Waals surface area contributed by atoms with E-state index in [1.807, 2.05) is 0 Å². The summed E-state index contributed by atoms with van der Waals surface area (Å²) in [5.74, 6) is 1.20. The Bertz CT molecular complexity index is 472. The third-order valence-corrected chi connectivity index (χ3v) is 4.08. The third kappa shape index (κ3) is 3.12. The lowest BCUT2D eigenvalue weighted by Gasteiger charge is -2.23. The van der Waals surface area contributed by atoms with Gasteiger partial charge in [-0.1, -0.05) is 0 Å². The van der Waals surface area contributed by atoms with Crippen LogP contribution >= 0.6 is 11.6 Å². The first-order valence-electron chi connectivity index (χ1n) is 7.19. The van der Waals surface area contributed by atoms with Gasteiger partial charge in [0.05, 0.1) is 5.60 Å². The van der Waals surface area contributed by atoms with Crippen LogP contribution in [0.15, 0.2) is 0 Å². The fourth-order valence-electron chi connectivity index (χ4n) is 2.72. The molecule has 3 rings (SSSR count). The van der Waals surface area contributed by atoms with Gasteiger partial charge in [-0.25, -0.2) is 0 Å². The van der Waals surface area contributed by atoms with Crippen LogP contribution in [0.3, 0.4) is 0 Å². The molecule has 0 bridgehead atoms. The highest BCUT2D eigenvalue weighted by Gasteiger charge is 2.29. The Hall–Kier alpha value is -1.14. The van der Waals surface area contributed by atoms with Crippen molar-refractivity contribution >= 4 is 23.5 Å². The van der Waals surface area contributed by atoms with Gasteiger partial charge in [0.25, 0.3) is 0 Å². The smallest absolute Gasteiger partial charge is 0.231 e. The van der Waals surface area contributed by atoms with Crippen LogP contribution in [0.1, 0.15) is 32.6 Å². The zero-order valence-electron chi connectivity index (χ0n) is 11.7. The van der Waals surface area contributed by atoms with E-state index in [4.69, 9.17) is 16.3 Å². The number of anilines is 2. The summed E-state index contributed by atoms with van der Waals surface area (Å²) in [5, 5.41) is 3.47. The first-order valence-corrected chi connectivity index (χ1v) is 7.57. The molecule has 1 atom stereocenters. The van der Waals surface area contributed by atoms with Gasteiger partial charge in [0.15, 0.2) is 0 Å². The van der Waals surface area contributed by atoms with E-state index < -0.39 is 0 Å². The van der Waals surface area contributed by atoms with Crippen molar-refractivity contribution in [2.75, 3.05) is 36.5 Å². The molecule has 1 unspecified atom stereocenters. The average Bonchev–Trinajstić information content (AvgIpc) is 3.08. The fraction of sp³-hybridized carbons (Fsp3) is 0.769. The van der Waals surface area contributed by atoms with Crippen LogP contribution in [0.4, 0.5) is 11.9 Å². The Kier molecular flexibility index (Phi) is 3.94. The third-order valence-electron chi connectivity index (χ3n) is 3.91. The minimum Gasteiger partial charge on any atom is -0.373 e. The van der Waals surface area contributed by atoms with Crippen molar-refractivity contribution in [1.29, 1.82) is 0 Å². The largest absolute Gasteiger partial charge is 0.373 e. The van der Waals surface area contributed by atoms with E-state index in [1.165, 1.54) is 12.8 Å². The summed E-state index contributed by atoms with van der Waals surface area (Å²) in [6.45, 7) is 5.60. The zero-order chi connectivity index (χ0) is 14.0. The molecule has 1 aromatic rings. The molecule has 2 aliphatic heterocycles. The van der Waals surface area contributed by atoms with Crippen molar-refractivity contribution in [3.8, 4) is 0 Å². The Morgan fingerprint density at radius 2 is 2.05 bits per heavy atom. The summed E-state index contributed by atoms with van der Waals surface area (Å²) < 4.78 is 5.75. The number of hydrogen-bond donors (Lipinski definition) is 1. The van der Waals surface area contributed by atoms with Crippen LogP contribution in [0.2, 0.25) is 5.28 Å². The highest BCUT2D eigenvalue weighted by atomic mass is 35.5. The molecule has 0 saturated carbocycles. The number of nitrogens with zero attached hydrogens (tertiary/aromatic N) is 4. The Balaban J connectivity index is 1.69.